The van der Waals surface area contributed by atoms with Gasteiger partial charge in [0.15, 0.2) is 0 Å². The number of hydrogen-bond acceptors (Lipinski definition) is 7. The maximum absolute atomic E-state index is 13.2. The van der Waals surface area contributed by atoms with Gasteiger partial charge in [-0.2, -0.15) is 0 Å². The third kappa shape index (κ3) is 5.70. The lowest BCUT2D eigenvalue weighted by Gasteiger charge is -2.35. The Kier molecular flexibility index (Phi) is 6.63. The molecule has 9 nitrogen and oxygen atoms in total. The smallest absolute Gasteiger partial charge is 0.257 e. The highest BCUT2D eigenvalue weighted by Crippen LogP contribution is 2.54. The maximum Gasteiger partial charge on any atom is 0.257 e. The van der Waals surface area contributed by atoms with Crippen LogP contribution >= 0.6 is 0 Å². The monoisotopic (exact) mass is 506 g/mol. The van der Waals surface area contributed by atoms with Crippen molar-refractivity contribution in [3.63, 3.8) is 0 Å². The molecule has 1 saturated carbocycles. The van der Waals surface area contributed by atoms with Gasteiger partial charge in [0.05, 0.1) is 39.0 Å². The van der Waals surface area contributed by atoms with E-state index in [0.717, 1.165) is 25.9 Å². The third-order valence-electron chi connectivity index (χ3n) is 6.54. The van der Waals surface area contributed by atoms with E-state index >= 15 is 0 Å². The number of amides is 1. The largest absolute Gasteiger partial charge is 0.395 e. The summed E-state index contributed by atoms with van der Waals surface area (Å²) in [4.78, 5) is 15.7. The molecule has 0 aromatic heterocycles. The van der Waals surface area contributed by atoms with Crippen molar-refractivity contribution in [3.8, 4) is 0 Å². The third-order valence-corrected chi connectivity index (χ3v) is 8.96. The molecule has 2 aromatic carbocycles. The number of piperidine rings is 1. The summed E-state index contributed by atoms with van der Waals surface area (Å²) in [6.07, 6.45) is 5.87. The number of aliphatic hydroxyl groups is 1. The van der Waals surface area contributed by atoms with Gasteiger partial charge in [0.2, 0.25) is 10.0 Å². The number of carbonyl (C=O) groups excluding carboxylic acids is 1. The van der Waals surface area contributed by atoms with Crippen molar-refractivity contribution in [2.24, 2.45) is 5.41 Å². The first-order valence-corrected chi connectivity index (χ1v) is 14.8. The highest BCUT2D eigenvalue weighted by molar-refractivity contribution is 7.92. The van der Waals surface area contributed by atoms with Gasteiger partial charge in [-0.1, -0.05) is 6.07 Å². The second kappa shape index (κ2) is 9.20. The van der Waals surface area contributed by atoms with Crippen molar-refractivity contribution in [2.45, 2.75) is 30.6 Å². The molecule has 11 heteroatoms. The summed E-state index contributed by atoms with van der Waals surface area (Å²) in [5.74, 6) is -0.791. The van der Waals surface area contributed by atoms with Crippen molar-refractivity contribution < 1.29 is 22.5 Å². The highest BCUT2D eigenvalue weighted by Gasteiger charge is 2.44. The Morgan fingerprint density at radius 2 is 1.76 bits per heavy atom. The van der Waals surface area contributed by atoms with Crippen molar-refractivity contribution in [2.75, 3.05) is 46.6 Å². The molecule has 184 valence electrons. The predicted octanol–water partition coefficient (Wildman–Crippen LogP) is 3.09. The van der Waals surface area contributed by atoms with Crippen LogP contribution in [-0.4, -0.2) is 55.3 Å². The minimum absolute atomic E-state index is 0.324. The van der Waals surface area contributed by atoms with Crippen LogP contribution in [0.5, 0.6) is 0 Å². The van der Waals surface area contributed by atoms with Crippen molar-refractivity contribution in [1.29, 1.82) is 4.78 Å². The molecule has 1 saturated heterocycles. The lowest BCUT2D eigenvalue weighted by atomic mass is 9.93. The normalized spacial score (nSPS) is 18.8. The Labute approximate surface area is 200 Å². The minimum atomic E-state index is -3.71. The quantitative estimate of drug-likeness (QED) is 0.434. The molecular weight excluding hydrogens is 476 g/mol. The molecule has 1 spiro atoms. The van der Waals surface area contributed by atoms with Crippen LogP contribution in [0, 0.1) is 10.2 Å². The zero-order valence-electron chi connectivity index (χ0n) is 19.0. The van der Waals surface area contributed by atoms with E-state index in [9.17, 15) is 17.4 Å². The first kappa shape index (κ1) is 24.5. The van der Waals surface area contributed by atoms with Crippen LogP contribution in [0.3, 0.4) is 0 Å². The van der Waals surface area contributed by atoms with Crippen molar-refractivity contribution in [1.82, 2.24) is 0 Å². The van der Waals surface area contributed by atoms with Gasteiger partial charge in [-0.05, 0) is 67.5 Å². The van der Waals surface area contributed by atoms with Crippen LogP contribution in [0.15, 0.2) is 47.4 Å². The molecule has 1 aliphatic heterocycles. The molecule has 4 N–H and O–H groups in total. The molecule has 4 rings (SSSR count). The molecule has 2 aromatic rings. The van der Waals surface area contributed by atoms with E-state index < -0.39 is 32.1 Å². The Morgan fingerprint density at radius 3 is 2.38 bits per heavy atom. The van der Waals surface area contributed by atoms with E-state index in [2.05, 4.69) is 14.9 Å². The molecule has 1 amide bonds. The summed E-state index contributed by atoms with van der Waals surface area (Å²) in [6.45, 7) is 1.07. The van der Waals surface area contributed by atoms with Gasteiger partial charge in [-0.25, -0.2) is 17.4 Å². The average Bonchev–Trinajstić information content (AvgIpc) is 3.52. The topological polar surface area (TPSA) is 140 Å². The Morgan fingerprint density at radius 1 is 1.06 bits per heavy atom. The lowest BCUT2D eigenvalue weighted by molar-refractivity contribution is 0.102. The van der Waals surface area contributed by atoms with Crippen LogP contribution in [0.4, 0.5) is 17.1 Å². The molecule has 2 aliphatic rings. The molecule has 1 aliphatic carbocycles. The van der Waals surface area contributed by atoms with Gasteiger partial charge in [-0.3, -0.25) is 9.52 Å². The zero-order chi connectivity index (χ0) is 24.6. The van der Waals surface area contributed by atoms with Gasteiger partial charge in [0, 0.05) is 29.9 Å². The van der Waals surface area contributed by atoms with Crippen LogP contribution in [0.1, 0.15) is 36.0 Å². The standard InChI is InChI=1S/C23H30N4O5S2/c1-33(24,30)19-4-2-3-17(15-19)25-22(29)20-6-5-18(26-34(31,32)14-13-28)16-21(20)27-11-9-23(7-8-23)10-12-27/h2-6,15-16,24,26,28H,7-14H2,1H3,(H,25,29)/t33-/m1/s1. The Hall–Kier alpha value is -2.63. The van der Waals surface area contributed by atoms with E-state index in [1.165, 1.54) is 31.2 Å². The van der Waals surface area contributed by atoms with E-state index in [4.69, 9.17) is 9.89 Å². The summed E-state index contributed by atoms with van der Waals surface area (Å²) < 4.78 is 46.6. The maximum atomic E-state index is 13.2. The minimum Gasteiger partial charge on any atom is -0.395 e. The van der Waals surface area contributed by atoms with Crippen LogP contribution in [0.2, 0.25) is 0 Å². The Bertz CT molecular complexity index is 1290. The lowest BCUT2D eigenvalue weighted by Crippen LogP contribution is -2.35. The van der Waals surface area contributed by atoms with Crippen LogP contribution in [-0.2, 0) is 19.8 Å². The van der Waals surface area contributed by atoms with E-state index in [1.54, 1.807) is 30.3 Å². The van der Waals surface area contributed by atoms with E-state index in [1.807, 2.05) is 0 Å². The number of nitrogens with one attached hydrogen (secondary N) is 3. The number of aliphatic hydroxyl groups excluding tert-OH is 1. The van der Waals surface area contributed by atoms with Gasteiger partial charge >= 0.3 is 0 Å². The molecule has 1 atom stereocenters. The molecule has 0 bridgehead atoms. The average molecular weight is 507 g/mol. The van der Waals surface area contributed by atoms with E-state index in [-0.39, 0.29) is 5.91 Å². The Balaban J connectivity index is 1.63. The molecule has 0 unspecified atom stereocenters. The number of rotatable bonds is 8. The first-order valence-electron chi connectivity index (χ1n) is 11.2. The number of hydrogen-bond donors (Lipinski definition) is 4. The van der Waals surface area contributed by atoms with Crippen molar-refractivity contribution >= 4 is 42.7 Å². The first-order chi connectivity index (χ1) is 16.0. The number of nitrogens with zero attached hydrogens (tertiary/aromatic N) is 1. The van der Waals surface area contributed by atoms with Gasteiger partial charge in [-0.15, -0.1) is 0 Å². The fourth-order valence-corrected chi connectivity index (χ4v) is 5.83. The van der Waals surface area contributed by atoms with Gasteiger partial charge < -0.3 is 15.3 Å². The number of carbonyl (C=O) groups is 1. The molecule has 2 fully saturated rings. The number of sulfonamides is 1. The summed E-state index contributed by atoms with van der Waals surface area (Å²) in [5.41, 5.74) is 2.22. The van der Waals surface area contributed by atoms with Gasteiger partial charge in [0.25, 0.3) is 5.91 Å². The molecule has 1 heterocycles. The predicted molar refractivity (Wildman–Crippen MR) is 133 cm³/mol. The van der Waals surface area contributed by atoms with Gasteiger partial charge in [0.1, 0.15) is 0 Å². The number of anilines is 3. The van der Waals surface area contributed by atoms with E-state index in [0.29, 0.717) is 32.9 Å². The molecule has 34 heavy (non-hydrogen) atoms. The van der Waals surface area contributed by atoms with Crippen molar-refractivity contribution in [3.05, 3.63) is 48.0 Å². The summed E-state index contributed by atoms with van der Waals surface area (Å²) >= 11 is 0. The SMILES string of the molecule is C[S@@](=N)(=O)c1cccc(NC(=O)c2ccc(NS(=O)(=O)CCO)cc2N2CCC3(CC2)CC3)c1. The second-order valence-electron chi connectivity index (χ2n) is 9.19. The second-order valence-corrected chi connectivity index (χ2v) is 13.2. The van der Waals surface area contributed by atoms with Crippen LogP contribution in [0.25, 0.3) is 0 Å². The molecular formula is C23H30N4O5S2. The summed E-state index contributed by atoms with van der Waals surface area (Å²) in [7, 11) is -6.63. The molecule has 0 radical (unpaired) electrons. The highest BCUT2D eigenvalue weighted by atomic mass is 32.2. The number of benzene rings is 2. The zero-order valence-corrected chi connectivity index (χ0v) is 20.7. The fourth-order valence-electron chi connectivity index (χ4n) is 4.31. The summed E-state index contributed by atoms with van der Waals surface area (Å²) in [6, 6.07) is 11.2. The van der Waals surface area contributed by atoms with Crippen LogP contribution < -0.4 is 14.9 Å². The fraction of sp³-hybridized carbons (Fsp3) is 0.435. The summed E-state index contributed by atoms with van der Waals surface area (Å²) in [5, 5.41) is 11.8.